The van der Waals surface area contributed by atoms with E-state index in [0.29, 0.717) is 12.8 Å². The predicted molar refractivity (Wildman–Crippen MR) is 75.1 cm³/mol. The molecule has 0 fully saturated rings. The number of nitrogens with zero attached hydrogens (tertiary/aromatic N) is 3. The maximum Gasteiger partial charge on any atom is 0.310 e. The number of carbonyl (C=O) groups excluding carboxylic acids is 2. The van der Waals surface area contributed by atoms with Crippen LogP contribution in [0.4, 0.5) is 0 Å². The third kappa shape index (κ3) is 5.53. The highest BCUT2D eigenvalue weighted by Gasteiger charge is 2.17. The summed E-state index contributed by atoms with van der Waals surface area (Å²) >= 11 is 0. The Kier molecular flexibility index (Phi) is 6.84. The van der Waals surface area contributed by atoms with Crippen LogP contribution in [-0.2, 0) is 32.2 Å². The maximum atomic E-state index is 11.5. The summed E-state index contributed by atoms with van der Waals surface area (Å²) < 4.78 is 11.3. The van der Waals surface area contributed by atoms with Gasteiger partial charge < -0.3 is 9.47 Å². The molecule has 7 heteroatoms. The number of hydrogen-bond acceptors (Lipinski definition) is 6. The van der Waals surface area contributed by atoms with E-state index < -0.39 is 0 Å². The molecule has 0 amide bonds. The molecule has 0 aliphatic rings. The number of methoxy groups -OCH3 is 1. The first kappa shape index (κ1) is 17.1. The molecular formula is C14H23N3O4. The Balaban J connectivity index is 2.44. The zero-order chi connectivity index (χ0) is 15.8. The average molecular weight is 297 g/mol. The SMILES string of the molecule is CCC(CCc1cn(COC(=O)C(C)C)nn1)C(=O)OC. The van der Waals surface area contributed by atoms with Crippen molar-refractivity contribution in [2.24, 2.45) is 11.8 Å². The van der Waals surface area contributed by atoms with Crippen molar-refractivity contribution in [3.05, 3.63) is 11.9 Å². The number of rotatable bonds is 8. The molecule has 1 heterocycles. The second-order valence-electron chi connectivity index (χ2n) is 5.16. The molecule has 7 nitrogen and oxygen atoms in total. The number of esters is 2. The van der Waals surface area contributed by atoms with Crippen molar-refractivity contribution < 1.29 is 19.1 Å². The third-order valence-corrected chi connectivity index (χ3v) is 3.17. The fraction of sp³-hybridized carbons (Fsp3) is 0.714. The standard InChI is InChI=1S/C14H23N3O4/c1-5-11(14(19)20-4)6-7-12-8-17(16-15-12)9-21-13(18)10(2)3/h8,10-11H,5-7,9H2,1-4H3. The number of carbonyl (C=O) groups is 2. The van der Waals surface area contributed by atoms with Crippen molar-refractivity contribution >= 4 is 11.9 Å². The van der Waals surface area contributed by atoms with Gasteiger partial charge in [-0.25, -0.2) is 4.68 Å². The van der Waals surface area contributed by atoms with E-state index in [1.807, 2.05) is 6.92 Å². The van der Waals surface area contributed by atoms with Crippen LogP contribution >= 0.6 is 0 Å². The van der Waals surface area contributed by atoms with Gasteiger partial charge in [0.05, 0.1) is 30.8 Å². The van der Waals surface area contributed by atoms with Crippen molar-refractivity contribution in [3.63, 3.8) is 0 Å². The van der Waals surface area contributed by atoms with Gasteiger partial charge in [0.1, 0.15) is 0 Å². The molecule has 0 saturated heterocycles. The quantitative estimate of drug-likeness (QED) is 0.677. The molecular weight excluding hydrogens is 274 g/mol. The van der Waals surface area contributed by atoms with Crippen LogP contribution in [0.15, 0.2) is 6.20 Å². The van der Waals surface area contributed by atoms with E-state index in [4.69, 9.17) is 9.47 Å². The number of ether oxygens (including phenoxy) is 2. The summed E-state index contributed by atoms with van der Waals surface area (Å²) in [4.78, 5) is 22.8. The minimum Gasteiger partial charge on any atom is -0.469 e. The molecule has 0 saturated carbocycles. The smallest absolute Gasteiger partial charge is 0.310 e. The van der Waals surface area contributed by atoms with Crippen LogP contribution in [-0.4, -0.2) is 34.0 Å². The molecule has 118 valence electrons. The minimum atomic E-state index is -0.274. The van der Waals surface area contributed by atoms with Crippen LogP contribution in [0.25, 0.3) is 0 Å². The zero-order valence-corrected chi connectivity index (χ0v) is 13.0. The van der Waals surface area contributed by atoms with Crippen LogP contribution in [0.5, 0.6) is 0 Å². The molecule has 0 aliphatic carbocycles. The fourth-order valence-corrected chi connectivity index (χ4v) is 1.79. The second kappa shape index (κ2) is 8.39. The molecule has 1 rings (SSSR count). The Bertz CT molecular complexity index is 471. The molecule has 21 heavy (non-hydrogen) atoms. The van der Waals surface area contributed by atoms with Crippen LogP contribution in [0.2, 0.25) is 0 Å². The lowest BCUT2D eigenvalue weighted by molar-refractivity contribution is -0.151. The minimum absolute atomic E-state index is 0.0538. The van der Waals surface area contributed by atoms with E-state index >= 15 is 0 Å². The molecule has 0 aliphatic heterocycles. The van der Waals surface area contributed by atoms with Gasteiger partial charge in [-0.2, -0.15) is 0 Å². The second-order valence-corrected chi connectivity index (χ2v) is 5.16. The molecule has 1 unspecified atom stereocenters. The van der Waals surface area contributed by atoms with Gasteiger partial charge in [-0.1, -0.05) is 26.0 Å². The summed E-state index contributed by atoms with van der Waals surface area (Å²) in [7, 11) is 1.39. The molecule has 0 N–H and O–H groups in total. The number of aryl methyl sites for hydroxylation is 1. The summed E-state index contributed by atoms with van der Waals surface area (Å²) in [5, 5.41) is 7.89. The predicted octanol–water partition coefficient (Wildman–Crippen LogP) is 1.57. The normalized spacial score (nSPS) is 12.2. The van der Waals surface area contributed by atoms with Gasteiger partial charge in [0.25, 0.3) is 0 Å². The Morgan fingerprint density at radius 1 is 1.33 bits per heavy atom. The van der Waals surface area contributed by atoms with Crippen LogP contribution in [0.3, 0.4) is 0 Å². The van der Waals surface area contributed by atoms with Crippen molar-refractivity contribution in [2.75, 3.05) is 7.11 Å². The van der Waals surface area contributed by atoms with Crippen molar-refractivity contribution in [1.29, 1.82) is 0 Å². The first-order valence-electron chi connectivity index (χ1n) is 7.11. The molecule has 1 atom stereocenters. The van der Waals surface area contributed by atoms with Gasteiger partial charge in [0.2, 0.25) is 0 Å². The molecule has 0 radical (unpaired) electrons. The van der Waals surface area contributed by atoms with Crippen LogP contribution in [0, 0.1) is 11.8 Å². The van der Waals surface area contributed by atoms with E-state index in [1.54, 1.807) is 20.0 Å². The van der Waals surface area contributed by atoms with E-state index in [9.17, 15) is 9.59 Å². The summed E-state index contributed by atoms with van der Waals surface area (Å²) in [6.07, 6.45) is 3.74. The van der Waals surface area contributed by atoms with Gasteiger partial charge in [-0.3, -0.25) is 9.59 Å². The van der Waals surface area contributed by atoms with Gasteiger partial charge >= 0.3 is 11.9 Å². The van der Waals surface area contributed by atoms with E-state index in [0.717, 1.165) is 12.1 Å². The molecule has 1 aromatic heterocycles. The van der Waals surface area contributed by atoms with Gasteiger partial charge in [-0.05, 0) is 19.3 Å². The van der Waals surface area contributed by atoms with E-state index in [-0.39, 0.29) is 30.5 Å². The van der Waals surface area contributed by atoms with Crippen molar-refractivity contribution in [1.82, 2.24) is 15.0 Å². The summed E-state index contributed by atoms with van der Waals surface area (Å²) in [6, 6.07) is 0. The van der Waals surface area contributed by atoms with Gasteiger partial charge in [0.15, 0.2) is 6.73 Å². The van der Waals surface area contributed by atoms with Gasteiger partial charge in [-0.15, -0.1) is 5.10 Å². The number of hydrogen-bond donors (Lipinski definition) is 0. The summed E-state index contributed by atoms with van der Waals surface area (Å²) in [6.45, 7) is 5.54. The Labute approximate surface area is 124 Å². The zero-order valence-electron chi connectivity index (χ0n) is 13.0. The topological polar surface area (TPSA) is 83.3 Å². The Morgan fingerprint density at radius 2 is 2.05 bits per heavy atom. The molecule has 0 aromatic carbocycles. The molecule has 0 bridgehead atoms. The number of aromatic nitrogens is 3. The average Bonchev–Trinajstić information content (AvgIpc) is 2.92. The molecule has 0 spiro atoms. The van der Waals surface area contributed by atoms with E-state index in [2.05, 4.69) is 10.3 Å². The maximum absolute atomic E-state index is 11.5. The highest BCUT2D eigenvalue weighted by atomic mass is 16.5. The van der Waals surface area contributed by atoms with Crippen molar-refractivity contribution in [2.45, 2.75) is 46.8 Å². The van der Waals surface area contributed by atoms with Crippen molar-refractivity contribution in [3.8, 4) is 0 Å². The van der Waals surface area contributed by atoms with Crippen LogP contribution in [0.1, 0.15) is 39.3 Å². The van der Waals surface area contributed by atoms with E-state index in [1.165, 1.54) is 11.8 Å². The summed E-state index contributed by atoms with van der Waals surface area (Å²) in [5.41, 5.74) is 0.762. The summed E-state index contributed by atoms with van der Waals surface area (Å²) in [5.74, 6) is -0.767. The first-order chi connectivity index (χ1) is 9.97. The first-order valence-corrected chi connectivity index (χ1v) is 7.11. The van der Waals surface area contributed by atoms with Gasteiger partial charge in [0, 0.05) is 0 Å². The highest BCUT2D eigenvalue weighted by Crippen LogP contribution is 2.13. The molecule has 1 aromatic rings. The highest BCUT2D eigenvalue weighted by molar-refractivity contribution is 5.72. The lowest BCUT2D eigenvalue weighted by atomic mass is 10.00. The lowest BCUT2D eigenvalue weighted by Crippen LogP contribution is -2.16. The largest absolute Gasteiger partial charge is 0.469 e. The lowest BCUT2D eigenvalue weighted by Gasteiger charge is -2.10. The third-order valence-electron chi connectivity index (χ3n) is 3.17. The monoisotopic (exact) mass is 297 g/mol. The Morgan fingerprint density at radius 3 is 2.62 bits per heavy atom. The van der Waals surface area contributed by atoms with Crippen LogP contribution < -0.4 is 0 Å². The fourth-order valence-electron chi connectivity index (χ4n) is 1.79. The Hall–Kier alpha value is -1.92.